The number of carbonyl (C=O) groups excluding carboxylic acids is 1. The Bertz CT molecular complexity index is 1090. The first-order valence-corrected chi connectivity index (χ1v) is 12.2. The molecule has 31 heavy (non-hydrogen) atoms. The molecule has 0 spiro atoms. The normalized spacial score (nSPS) is 19.6. The summed E-state index contributed by atoms with van der Waals surface area (Å²) in [5, 5.41) is 10.7. The number of nitrogens with zero attached hydrogens (tertiary/aromatic N) is 1. The van der Waals surface area contributed by atoms with Crippen molar-refractivity contribution in [2.24, 2.45) is 0 Å². The second kappa shape index (κ2) is 8.86. The summed E-state index contributed by atoms with van der Waals surface area (Å²) in [6, 6.07) is 10.6. The Morgan fingerprint density at radius 1 is 1.29 bits per heavy atom. The standard InChI is InChI=1S/C22H26ClFN2O4S/c1-22(2,28)21(27)26-11-10-18(25-31(3,29)30)19(26)13-15-7-5-9-17(20(15)24)14-6-4-8-16(23)12-14/h4-9,12,18-19,25,28H,10-11,13H2,1-3H3/t18-,19-/m0/s1. The highest BCUT2D eigenvalue weighted by Gasteiger charge is 2.42. The van der Waals surface area contributed by atoms with Crippen molar-refractivity contribution >= 4 is 27.5 Å². The Hall–Kier alpha value is -2.00. The third kappa shape index (κ3) is 5.63. The van der Waals surface area contributed by atoms with Crippen molar-refractivity contribution in [3.63, 3.8) is 0 Å². The molecule has 1 saturated heterocycles. The molecule has 0 unspecified atom stereocenters. The van der Waals surface area contributed by atoms with Gasteiger partial charge in [0.05, 0.1) is 12.3 Å². The summed E-state index contributed by atoms with van der Waals surface area (Å²) in [6.07, 6.45) is 1.51. The van der Waals surface area contributed by atoms with Gasteiger partial charge in [-0.05, 0) is 49.9 Å². The lowest BCUT2D eigenvalue weighted by atomic mass is 9.95. The van der Waals surface area contributed by atoms with Gasteiger partial charge in [0, 0.05) is 23.2 Å². The summed E-state index contributed by atoms with van der Waals surface area (Å²) in [4.78, 5) is 14.2. The predicted octanol–water partition coefficient (Wildman–Crippen LogP) is 2.98. The number of rotatable bonds is 6. The van der Waals surface area contributed by atoms with E-state index in [0.29, 0.717) is 28.1 Å². The van der Waals surface area contributed by atoms with E-state index < -0.39 is 39.4 Å². The lowest BCUT2D eigenvalue weighted by Crippen LogP contribution is -2.52. The van der Waals surface area contributed by atoms with Gasteiger partial charge >= 0.3 is 0 Å². The molecule has 168 valence electrons. The molecule has 1 amide bonds. The van der Waals surface area contributed by atoms with E-state index in [-0.39, 0.29) is 13.0 Å². The Kier molecular flexibility index (Phi) is 6.76. The van der Waals surface area contributed by atoms with Crippen LogP contribution in [0.5, 0.6) is 0 Å². The number of amides is 1. The van der Waals surface area contributed by atoms with Gasteiger partial charge in [-0.25, -0.2) is 17.5 Å². The fraction of sp³-hybridized carbons (Fsp3) is 0.409. The van der Waals surface area contributed by atoms with Crippen molar-refractivity contribution in [2.75, 3.05) is 12.8 Å². The molecule has 0 radical (unpaired) electrons. The van der Waals surface area contributed by atoms with E-state index >= 15 is 4.39 Å². The highest BCUT2D eigenvalue weighted by molar-refractivity contribution is 7.88. The van der Waals surface area contributed by atoms with Crippen LogP contribution >= 0.6 is 11.6 Å². The third-order valence-corrected chi connectivity index (χ3v) is 6.30. The minimum atomic E-state index is -3.54. The lowest BCUT2D eigenvalue weighted by molar-refractivity contribution is -0.148. The van der Waals surface area contributed by atoms with Crippen molar-refractivity contribution in [1.82, 2.24) is 9.62 Å². The number of hydrogen-bond donors (Lipinski definition) is 2. The van der Waals surface area contributed by atoms with Crippen LogP contribution in [0.3, 0.4) is 0 Å². The molecule has 1 heterocycles. The van der Waals surface area contributed by atoms with Gasteiger partial charge in [-0.1, -0.05) is 41.9 Å². The Morgan fingerprint density at radius 3 is 2.58 bits per heavy atom. The van der Waals surface area contributed by atoms with E-state index in [1.807, 2.05) is 0 Å². The van der Waals surface area contributed by atoms with Gasteiger partial charge in [0.1, 0.15) is 11.4 Å². The highest BCUT2D eigenvalue weighted by atomic mass is 35.5. The quantitative estimate of drug-likeness (QED) is 0.682. The molecule has 2 aromatic carbocycles. The Balaban J connectivity index is 1.98. The zero-order valence-electron chi connectivity index (χ0n) is 17.6. The molecule has 2 aromatic rings. The number of nitrogens with one attached hydrogen (secondary N) is 1. The number of benzene rings is 2. The molecule has 1 aliphatic rings. The zero-order chi connectivity index (χ0) is 23.0. The predicted molar refractivity (Wildman–Crippen MR) is 119 cm³/mol. The van der Waals surface area contributed by atoms with Crippen LogP contribution in [0.2, 0.25) is 5.02 Å². The van der Waals surface area contributed by atoms with Gasteiger partial charge in [-0.3, -0.25) is 4.79 Å². The molecular weight excluding hydrogens is 443 g/mol. The number of halogens is 2. The van der Waals surface area contributed by atoms with Crippen LogP contribution in [-0.4, -0.2) is 54.8 Å². The number of sulfonamides is 1. The number of aliphatic hydroxyl groups is 1. The third-order valence-electron chi connectivity index (χ3n) is 5.34. The second-order valence-electron chi connectivity index (χ2n) is 8.40. The summed E-state index contributed by atoms with van der Waals surface area (Å²) in [5.74, 6) is -0.980. The lowest BCUT2D eigenvalue weighted by Gasteiger charge is -2.32. The largest absolute Gasteiger partial charge is 0.381 e. The molecule has 9 heteroatoms. The summed E-state index contributed by atoms with van der Waals surface area (Å²) >= 11 is 6.05. The summed E-state index contributed by atoms with van der Waals surface area (Å²) in [6.45, 7) is 3.02. The first kappa shape index (κ1) is 23.7. The molecule has 3 rings (SSSR count). The smallest absolute Gasteiger partial charge is 0.254 e. The van der Waals surface area contributed by atoms with Crippen LogP contribution in [0, 0.1) is 5.82 Å². The minimum Gasteiger partial charge on any atom is -0.381 e. The van der Waals surface area contributed by atoms with Crippen LogP contribution in [0.15, 0.2) is 42.5 Å². The highest BCUT2D eigenvalue weighted by Crippen LogP contribution is 2.31. The van der Waals surface area contributed by atoms with Crippen molar-refractivity contribution in [3.05, 3.63) is 58.9 Å². The molecule has 2 N–H and O–H groups in total. The van der Waals surface area contributed by atoms with Crippen molar-refractivity contribution < 1.29 is 22.7 Å². The first-order chi connectivity index (χ1) is 14.4. The van der Waals surface area contributed by atoms with Gasteiger partial charge in [0.25, 0.3) is 5.91 Å². The summed E-state index contributed by atoms with van der Waals surface area (Å²) in [7, 11) is -3.54. The molecule has 0 saturated carbocycles. The van der Waals surface area contributed by atoms with Gasteiger partial charge in [0.15, 0.2) is 0 Å². The number of likely N-dealkylation sites (tertiary alicyclic amines) is 1. The monoisotopic (exact) mass is 468 g/mol. The SMILES string of the molecule is CC(C)(O)C(=O)N1CC[C@H](NS(C)(=O)=O)[C@@H]1Cc1cccc(-c2cccc(Cl)c2)c1F. The fourth-order valence-electron chi connectivity index (χ4n) is 3.96. The van der Waals surface area contributed by atoms with Crippen LogP contribution in [0.4, 0.5) is 4.39 Å². The Labute approximate surface area is 187 Å². The van der Waals surface area contributed by atoms with E-state index in [0.717, 1.165) is 6.26 Å². The maximum atomic E-state index is 15.4. The average molecular weight is 469 g/mol. The molecule has 0 aromatic heterocycles. The van der Waals surface area contributed by atoms with Crippen molar-refractivity contribution in [3.8, 4) is 11.1 Å². The van der Waals surface area contributed by atoms with Crippen LogP contribution < -0.4 is 4.72 Å². The number of hydrogen-bond acceptors (Lipinski definition) is 4. The maximum absolute atomic E-state index is 15.4. The van der Waals surface area contributed by atoms with E-state index in [2.05, 4.69) is 4.72 Å². The van der Waals surface area contributed by atoms with Crippen LogP contribution in [0.25, 0.3) is 11.1 Å². The van der Waals surface area contributed by atoms with Crippen molar-refractivity contribution in [1.29, 1.82) is 0 Å². The van der Waals surface area contributed by atoms with E-state index in [4.69, 9.17) is 11.6 Å². The molecule has 0 aliphatic carbocycles. The number of carbonyl (C=O) groups is 1. The van der Waals surface area contributed by atoms with E-state index in [1.54, 1.807) is 42.5 Å². The van der Waals surface area contributed by atoms with Gasteiger partial charge < -0.3 is 10.0 Å². The van der Waals surface area contributed by atoms with Crippen molar-refractivity contribution in [2.45, 2.75) is 44.4 Å². The van der Waals surface area contributed by atoms with E-state index in [9.17, 15) is 18.3 Å². The molecule has 0 bridgehead atoms. The second-order valence-corrected chi connectivity index (χ2v) is 10.6. The first-order valence-electron chi connectivity index (χ1n) is 9.91. The van der Waals surface area contributed by atoms with Crippen LogP contribution in [0.1, 0.15) is 25.8 Å². The average Bonchev–Trinajstić information content (AvgIpc) is 3.02. The van der Waals surface area contributed by atoms with Gasteiger partial charge in [-0.2, -0.15) is 0 Å². The summed E-state index contributed by atoms with van der Waals surface area (Å²) < 4.78 is 41.7. The van der Waals surface area contributed by atoms with Gasteiger partial charge in [-0.15, -0.1) is 0 Å². The van der Waals surface area contributed by atoms with Crippen LogP contribution in [-0.2, 0) is 21.2 Å². The fourth-order valence-corrected chi connectivity index (χ4v) is 4.98. The molecule has 6 nitrogen and oxygen atoms in total. The van der Waals surface area contributed by atoms with Gasteiger partial charge in [0.2, 0.25) is 10.0 Å². The molecule has 1 fully saturated rings. The maximum Gasteiger partial charge on any atom is 0.254 e. The Morgan fingerprint density at radius 2 is 1.97 bits per heavy atom. The topological polar surface area (TPSA) is 86.7 Å². The molecular formula is C22H26ClFN2O4S. The minimum absolute atomic E-state index is 0.0925. The zero-order valence-corrected chi connectivity index (χ0v) is 19.2. The molecule has 1 aliphatic heterocycles. The molecule has 2 atom stereocenters. The van der Waals surface area contributed by atoms with E-state index in [1.165, 1.54) is 18.7 Å². The summed E-state index contributed by atoms with van der Waals surface area (Å²) in [5.41, 5.74) is -0.294.